The molecule has 19 nitrogen and oxygen atoms in total. The van der Waals surface area contributed by atoms with Gasteiger partial charge in [0.2, 0.25) is 0 Å². The summed E-state index contributed by atoms with van der Waals surface area (Å²) in [4.78, 5) is 51.1. The minimum Gasteiger partial charge on any atom is -0.395 e. The molecule has 0 amide bonds. The Morgan fingerprint density at radius 1 is 0.479 bits per heavy atom. The van der Waals surface area contributed by atoms with Crippen molar-refractivity contribution in [3.8, 4) is 0 Å². The second-order valence-electron chi connectivity index (χ2n) is 30.1. The molecule has 0 radical (unpaired) electrons. The highest BCUT2D eigenvalue weighted by atomic mass is 19.1. The van der Waals surface area contributed by atoms with Crippen LogP contribution in [0.1, 0.15) is 165 Å². The van der Waals surface area contributed by atoms with Crippen molar-refractivity contribution in [3.05, 3.63) is 72.1 Å². The zero-order valence-electron chi connectivity index (χ0n) is 58.2. The van der Waals surface area contributed by atoms with Gasteiger partial charge in [0.1, 0.15) is 29.1 Å². The summed E-state index contributed by atoms with van der Waals surface area (Å²) in [6.07, 6.45) is 22.6. The molecule has 16 rings (SSSR count). The fourth-order valence-corrected chi connectivity index (χ4v) is 16.8. The molecule has 4 unspecified atom stereocenters. The van der Waals surface area contributed by atoms with E-state index in [0.29, 0.717) is 49.1 Å². The Labute approximate surface area is 569 Å². The third-order valence-electron chi connectivity index (χ3n) is 23.4. The molecule has 4 saturated heterocycles. The number of morpholine rings is 1. The van der Waals surface area contributed by atoms with Crippen molar-refractivity contribution in [1.82, 2.24) is 44.6 Å². The average molecular weight is 1320 g/mol. The number of hydrogen-bond donors (Lipinski definition) is 3. The molecule has 6 aromatic rings. The Morgan fingerprint density at radius 3 is 1.38 bits per heavy atom. The Morgan fingerprint density at radius 2 is 0.927 bits per heavy atom. The van der Waals surface area contributed by atoms with Crippen LogP contribution in [-0.4, -0.2) is 230 Å². The molecule has 96 heavy (non-hydrogen) atoms. The van der Waals surface area contributed by atoms with Gasteiger partial charge in [0.05, 0.1) is 48.6 Å². The van der Waals surface area contributed by atoms with E-state index in [0.717, 1.165) is 225 Å². The molecule has 20 heteroatoms. The molecule has 10 aliphatic rings. The van der Waals surface area contributed by atoms with Crippen molar-refractivity contribution in [2.45, 2.75) is 177 Å². The minimum atomic E-state index is -1.34. The van der Waals surface area contributed by atoms with Crippen molar-refractivity contribution < 1.29 is 24.4 Å². The molecule has 6 aliphatic carbocycles. The Balaban J connectivity index is 0.000000124. The molecule has 0 bridgehead atoms. The fourth-order valence-electron chi connectivity index (χ4n) is 16.8. The van der Waals surface area contributed by atoms with E-state index in [1.54, 1.807) is 0 Å². The second kappa shape index (κ2) is 30.3. The van der Waals surface area contributed by atoms with Crippen molar-refractivity contribution in [2.75, 3.05) is 175 Å². The van der Waals surface area contributed by atoms with Crippen LogP contribution in [0.5, 0.6) is 0 Å². The van der Waals surface area contributed by atoms with Gasteiger partial charge in [-0.1, -0.05) is 39.0 Å². The Bertz CT molecular complexity index is 3560. The summed E-state index contributed by atoms with van der Waals surface area (Å²) in [7, 11) is 6.32. The van der Waals surface area contributed by atoms with E-state index in [1.807, 2.05) is 24.1 Å². The van der Waals surface area contributed by atoms with E-state index in [2.05, 4.69) is 108 Å². The van der Waals surface area contributed by atoms with E-state index in [-0.39, 0.29) is 18.8 Å². The third-order valence-corrected chi connectivity index (χ3v) is 23.4. The maximum Gasteiger partial charge on any atom is 0.170 e. The van der Waals surface area contributed by atoms with Crippen LogP contribution >= 0.6 is 0 Å². The van der Waals surface area contributed by atoms with Gasteiger partial charge in [0.25, 0.3) is 0 Å². The first-order valence-electron chi connectivity index (χ1n) is 37.6. The summed E-state index contributed by atoms with van der Waals surface area (Å²) < 4.78 is 20.4. The van der Waals surface area contributed by atoms with Crippen molar-refractivity contribution in [1.29, 1.82) is 0 Å². The van der Waals surface area contributed by atoms with Crippen LogP contribution in [0.2, 0.25) is 0 Å². The van der Waals surface area contributed by atoms with Gasteiger partial charge in [-0.15, -0.1) is 0 Å². The first-order chi connectivity index (χ1) is 46.9. The smallest absolute Gasteiger partial charge is 0.170 e. The maximum atomic E-state index is 14.9. The van der Waals surface area contributed by atoms with Crippen molar-refractivity contribution >= 4 is 67.2 Å². The lowest BCUT2D eigenvalue weighted by Crippen LogP contribution is -2.52. The number of fused-ring (bicyclic) bond motifs is 3. The summed E-state index contributed by atoms with van der Waals surface area (Å²) >= 11 is 0. The number of rotatable bonds is 19. The number of aromatic nitrogens is 6. The largest absolute Gasteiger partial charge is 0.395 e. The number of aliphatic hydroxyl groups is 3. The van der Waals surface area contributed by atoms with Gasteiger partial charge in [0.15, 0.2) is 11.5 Å². The molecular weight excluding hydrogens is 1210 g/mol. The van der Waals surface area contributed by atoms with Crippen LogP contribution in [0.25, 0.3) is 32.7 Å². The molecule has 3 aromatic heterocycles. The molecule has 10 fully saturated rings. The van der Waals surface area contributed by atoms with Crippen molar-refractivity contribution in [2.24, 2.45) is 11.8 Å². The number of piperazine rings is 2. The minimum absolute atomic E-state index is 0.107. The monoisotopic (exact) mass is 1320 g/mol. The van der Waals surface area contributed by atoms with Crippen LogP contribution in [0, 0.1) is 11.8 Å². The summed E-state index contributed by atoms with van der Waals surface area (Å²) in [6, 6.07) is 20.2. The number of alkyl halides is 1. The number of nitrogens with zero attached hydrogens (tertiary/aromatic N) is 15. The van der Waals surface area contributed by atoms with E-state index >= 15 is 0 Å². The van der Waals surface area contributed by atoms with Crippen LogP contribution in [0.3, 0.4) is 0 Å². The highest BCUT2D eigenvalue weighted by Gasteiger charge is 2.49. The summed E-state index contributed by atoms with van der Waals surface area (Å²) in [5.74, 6) is 8.32. The van der Waals surface area contributed by atoms with Gasteiger partial charge in [-0.05, 0) is 163 Å². The molecule has 4 atom stereocenters. The maximum absolute atomic E-state index is 14.9. The predicted octanol–water partition coefficient (Wildman–Crippen LogP) is 10.5. The number of likely N-dealkylation sites (N-methyl/N-ethyl adjacent to an activating group) is 2. The number of ether oxygens (including phenoxy) is 1. The van der Waals surface area contributed by atoms with E-state index in [1.165, 1.54) is 92.8 Å². The highest BCUT2D eigenvalue weighted by molar-refractivity contribution is 5.94. The van der Waals surface area contributed by atoms with Gasteiger partial charge in [-0.3, -0.25) is 14.7 Å². The van der Waals surface area contributed by atoms with Crippen LogP contribution in [0.15, 0.2) is 54.6 Å². The Hall–Kier alpha value is -5.87. The van der Waals surface area contributed by atoms with Gasteiger partial charge in [0, 0.05) is 183 Å². The lowest BCUT2D eigenvalue weighted by Gasteiger charge is -2.40. The fraction of sp³-hybridized carbons (Fsp3) is 0.684. The average Bonchev–Trinajstić information content (AvgIpc) is 1.47. The lowest BCUT2D eigenvalue weighted by molar-refractivity contribution is 0.0393. The molecule has 0 spiro atoms. The molecule has 4 aliphatic heterocycles. The number of aliphatic hydroxyl groups excluding tert-OH is 3. The van der Waals surface area contributed by atoms with Crippen LogP contribution in [0.4, 0.5) is 38.9 Å². The van der Waals surface area contributed by atoms with Gasteiger partial charge in [-0.25, -0.2) is 34.3 Å². The quantitative estimate of drug-likeness (QED) is 0.0697. The molecule has 3 N–H and O–H groups in total. The highest BCUT2D eigenvalue weighted by Crippen LogP contribution is 2.50. The lowest BCUT2D eigenvalue weighted by atomic mass is 9.76. The van der Waals surface area contributed by atoms with Gasteiger partial charge >= 0.3 is 0 Å². The van der Waals surface area contributed by atoms with Gasteiger partial charge < -0.3 is 49.5 Å². The molecular formula is C76H110FN15O4. The summed E-state index contributed by atoms with van der Waals surface area (Å²) in [6.45, 7) is 19.5. The summed E-state index contributed by atoms with van der Waals surface area (Å²) in [5.41, 5.74) is 5.11. The topological polar surface area (TPSA) is 176 Å². The number of piperidine rings is 1. The second-order valence-corrected chi connectivity index (χ2v) is 30.1. The van der Waals surface area contributed by atoms with E-state index in [9.17, 15) is 19.7 Å². The van der Waals surface area contributed by atoms with Gasteiger partial charge in [-0.2, -0.15) is 0 Å². The van der Waals surface area contributed by atoms with Crippen LogP contribution in [-0.2, 0) is 10.4 Å². The van der Waals surface area contributed by atoms with E-state index < -0.39 is 5.67 Å². The SMILES string of the molecule is CCCN(C)c1ccc2nc(C3CC3)nc(N3CCN(C4CCCC4O)CC3)c2c1.CN(CCN1CCOCC1)c1ccc2nc(C3CC3)nc(N3CCN(C4CCCC4O)CC3)c2c1.CN(CCO)c1ccc2nc(C3(F)CC3)nc(N3CCC(C4CCCCC4)CC3)c2c1. The zero-order valence-corrected chi connectivity index (χ0v) is 58.2. The first kappa shape index (κ1) is 67.3. The normalized spacial score (nSPS) is 24.7. The standard InChI is InChI=1S/C27H40N6O2.C25H35FN4O.C24H35N5O/c1-30(9-10-31-15-17-35-18-16-31)21-7-8-23-22(19-21)27(29-26(28-23)20-5-6-20)33-13-11-32(12-14-33)24-3-2-4-25(24)34;1-29(15-16-31)20-7-8-22-21(17-20)23(28-24(27-22)25(26)11-12-25)30-13-9-19(10-14-30)18-5-3-2-4-6-18;1-3-11-27(2)18-9-10-20-19(16-18)24(26-23(25-20)17-7-8-17)29-14-12-28(13-15-29)21-5-4-6-22(21)30/h7-8,19-20,24-25,34H,2-6,9-18H2,1H3;7-8,17-19,31H,2-6,9-16H2,1H3;9-10,16-17,21-22,30H,3-8,11-15H2,1-2H3. The molecule has 6 saturated carbocycles. The molecule has 7 heterocycles. The number of benzene rings is 3. The first-order valence-corrected chi connectivity index (χ1v) is 37.6. The molecule has 3 aromatic carbocycles. The zero-order chi connectivity index (χ0) is 65.9. The van der Waals surface area contributed by atoms with Crippen LogP contribution < -0.4 is 29.4 Å². The van der Waals surface area contributed by atoms with Crippen molar-refractivity contribution in [3.63, 3.8) is 0 Å². The number of halogens is 1. The predicted molar refractivity (Wildman–Crippen MR) is 385 cm³/mol. The molecule has 520 valence electrons. The summed E-state index contributed by atoms with van der Waals surface area (Å²) in [5, 5.41) is 33.4. The third kappa shape index (κ3) is 15.6. The van der Waals surface area contributed by atoms with E-state index in [4.69, 9.17) is 29.7 Å². The number of anilines is 6. The Kier molecular flexibility index (Phi) is 21.3. The number of hydrogen-bond acceptors (Lipinski definition) is 19.